The zero-order valence-corrected chi connectivity index (χ0v) is 22.9. The summed E-state index contributed by atoms with van der Waals surface area (Å²) in [6.07, 6.45) is 2.74. The highest BCUT2D eigenvalue weighted by molar-refractivity contribution is 7.89. The normalized spacial score (nSPS) is 27.1. The molecule has 3 aromatic rings. The summed E-state index contributed by atoms with van der Waals surface area (Å²) in [5.41, 5.74) is 3.58. The van der Waals surface area contributed by atoms with Crippen LogP contribution in [0, 0.1) is 12.3 Å². The molecule has 38 heavy (non-hydrogen) atoms. The lowest BCUT2D eigenvalue weighted by Gasteiger charge is -2.39. The number of rotatable bonds is 6. The maximum absolute atomic E-state index is 14.2. The van der Waals surface area contributed by atoms with Crippen LogP contribution >= 0.6 is 11.3 Å². The van der Waals surface area contributed by atoms with Crippen molar-refractivity contribution < 1.29 is 22.0 Å². The summed E-state index contributed by atoms with van der Waals surface area (Å²) in [6, 6.07) is 11.6. The Kier molecular flexibility index (Phi) is 6.35. The first-order valence-corrected chi connectivity index (χ1v) is 15.5. The van der Waals surface area contributed by atoms with E-state index < -0.39 is 27.4 Å². The summed E-state index contributed by atoms with van der Waals surface area (Å²) in [7, 11) is -3.85. The monoisotopic (exact) mass is 559 g/mol. The molecule has 2 heterocycles. The van der Waals surface area contributed by atoms with Crippen LogP contribution in [0.1, 0.15) is 56.1 Å². The average molecular weight is 560 g/mol. The van der Waals surface area contributed by atoms with Crippen LogP contribution in [0.5, 0.6) is 0 Å². The molecule has 3 fully saturated rings. The van der Waals surface area contributed by atoms with Crippen molar-refractivity contribution in [2.45, 2.75) is 81.3 Å². The maximum atomic E-state index is 14.2. The first-order valence-electron chi connectivity index (χ1n) is 13.2. The standard InChI is InChI=1S/C28H31F2N3O3S2/c1-19-4-7-22(8-5-19)38(35,36)33-14-2-3-24(33)26(34)32(16-20-6-9-25-23(15-20)31-18-37-25)21-10-12-27(13-11-21)17-28(27,29)30/h4-9,15,18,21,24H,2-3,10-14,16-17H2,1H3/t21?,24-,27?/m0/s1. The minimum atomic E-state index is -3.85. The number of sulfonamides is 1. The van der Waals surface area contributed by atoms with Crippen LogP contribution in [0.2, 0.25) is 0 Å². The van der Waals surface area contributed by atoms with E-state index in [4.69, 9.17) is 0 Å². The lowest BCUT2D eigenvalue weighted by atomic mass is 9.82. The predicted molar refractivity (Wildman–Crippen MR) is 143 cm³/mol. The second-order valence-electron chi connectivity index (χ2n) is 11.1. The van der Waals surface area contributed by atoms with Gasteiger partial charge in [-0.05, 0) is 75.3 Å². The maximum Gasteiger partial charge on any atom is 0.254 e. The second-order valence-corrected chi connectivity index (χ2v) is 13.9. The van der Waals surface area contributed by atoms with Gasteiger partial charge in [-0.25, -0.2) is 22.2 Å². The smallest absolute Gasteiger partial charge is 0.254 e. The van der Waals surface area contributed by atoms with Crippen molar-refractivity contribution in [3.8, 4) is 0 Å². The van der Waals surface area contributed by atoms with E-state index >= 15 is 0 Å². The summed E-state index contributed by atoms with van der Waals surface area (Å²) < 4.78 is 57.7. The number of aryl methyl sites for hydroxylation is 1. The van der Waals surface area contributed by atoms with Crippen LogP contribution in [0.3, 0.4) is 0 Å². The molecule has 0 bridgehead atoms. The molecule has 2 aromatic carbocycles. The van der Waals surface area contributed by atoms with Gasteiger partial charge in [0.1, 0.15) is 6.04 Å². The number of alkyl halides is 2. The first kappa shape index (κ1) is 25.8. The minimum Gasteiger partial charge on any atom is -0.334 e. The van der Waals surface area contributed by atoms with Crippen molar-refractivity contribution in [2.24, 2.45) is 5.41 Å². The lowest BCUT2D eigenvalue weighted by Crippen LogP contribution is -2.51. The van der Waals surface area contributed by atoms with Crippen molar-refractivity contribution in [3.05, 3.63) is 59.1 Å². The van der Waals surface area contributed by atoms with Gasteiger partial charge in [-0.2, -0.15) is 4.31 Å². The van der Waals surface area contributed by atoms with Crippen molar-refractivity contribution in [1.29, 1.82) is 0 Å². The molecule has 0 unspecified atom stereocenters. The van der Waals surface area contributed by atoms with Crippen LogP contribution in [0.15, 0.2) is 52.9 Å². The molecule has 0 N–H and O–H groups in total. The van der Waals surface area contributed by atoms with Crippen molar-refractivity contribution in [2.75, 3.05) is 6.54 Å². The van der Waals surface area contributed by atoms with Crippen LogP contribution in [0.25, 0.3) is 10.2 Å². The molecular formula is C28H31F2N3O3S2. The summed E-state index contributed by atoms with van der Waals surface area (Å²) in [4.78, 5) is 20.5. The van der Waals surface area contributed by atoms with Gasteiger partial charge >= 0.3 is 0 Å². The lowest BCUT2D eigenvalue weighted by molar-refractivity contribution is -0.139. The third kappa shape index (κ3) is 4.44. The zero-order chi connectivity index (χ0) is 26.7. The Balaban J connectivity index is 1.28. The number of hydrogen-bond donors (Lipinski definition) is 0. The Morgan fingerprint density at radius 2 is 1.84 bits per heavy atom. The Bertz CT molecular complexity index is 1460. The van der Waals surface area contributed by atoms with Crippen LogP contribution in [-0.2, 0) is 21.4 Å². The Labute approximate surface area is 225 Å². The van der Waals surface area contributed by atoms with Gasteiger partial charge in [0, 0.05) is 31.0 Å². The number of carbonyl (C=O) groups excluding carboxylic acids is 1. The van der Waals surface area contributed by atoms with E-state index in [0.29, 0.717) is 45.1 Å². The van der Waals surface area contributed by atoms with Gasteiger partial charge in [0.15, 0.2) is 0 Å². The number of benzene rings is 2. The molecule has 202 valence electrons. The topological polar surface area (TPSA) is 70.6 Å². The molecule has 1 spiro atoms. The second kappa shape index (κ2) is 9.34. The highest BCUT2D eigenvalue weighted by atomic mass is 32.2. The fourth-order valence-corrected chi connectivity index (χ4v) is 8.60. The third-order valence-electron chi connectivity index (χ3n) is 8.71. The number of amides is 1. The number of aromatic nitrogens is 1. The molecule has 1 atom stereocenters. The average Bonchev–Trinajstić information content (AvgIpc) is 3.34. The fourth-order valence-electron chi connectivity index (χ4n) is 6.29. The molecule has 2 saturated carbocycles. The minimum absolute atomic E-state index is 0.0631. The van der Waals surface area contributed by atoms with Gasteiger partial charge in [-0.1, -0.05) is 23.8 Å². The van der Waals surface area contributed by atoms with E-state index in [9.17, 15) is 22.0 Å². The van der Waals surface area contributed by atoms with Gasteiger partial charge in [-0.3, -0.25) is 4.79 Å². The molecule has 1 aliphatic heterocycles. The number of halogens is 2. The van der Waals surface area contributed by atoms with Gasteiger partial charge in [0.2, 0.25) is 15.9 Å². The number of thiazole rings is 1. The predicted octanol–water partition coefficient (Wildman–Crippen LogP) is 5.75. The molecule has 6 nitrogen and oxygen atoms in total. The summed E-state index contributed by atoms with van der Waals surface area (Å²) in [5, 5.41) is 0. The molecule has 1 saturated heterocycles. The third-order valence-corrected chi connectivity index (χ3v) is 11.4. The number of carbonyl (C=O) groups is 1. The molecule has 2 aliphatic carbocycles. The first-order chi connectivity index (χ1) is 18.1. The quantitative estimate of drug-likeness (QED) is 0.385. The largest absolute Gasteiger partial charge is 0.334 e. The molecule has 1 amide bonds. The van der Waals surface area contributed by atoms with Gasteiger partial charge < -0.3 is 4.90 Å². The van der Waals surface area contributed by atoms with Crippen LogP contribution in [-0.4, -0.2) is 53.1 Å². The van der Waals surface area contributed by atoms with E-state index in [1.165, 1.54) is 4.31 Å². The number of nitrogens with zero attached hydrogens (tertiary/aromatic N) is 3. The summed E-state index contributed by atoms with van der Waals surface area (Å²) in [5.74, 6) is -2.84. The molecular weight excluding hydrogens is 528 g/mol. The summed E-state index contributed by atoms with van der Waals surface area (Å²) in [6.45, 7) is 2.48. The Morgan fingerprint density at radius 3 is 2.53 bits per heavy atom. The molecule has 0 radical (unpaired) electrons. The van der Waals surface area contributed by atoms with Crippen molar-refractivity contribution in [3.63, 3.8) is 0 Å². The molecule has 1 aromatic heterocycles. The molecule has 10 heteroatoms. The fraction of sp³-hybridized carbons (Fsp3) is 0.500. The van der Waals surface area contributed by atoms with E-state index in [2.05, 4.69) is 4.98 Å². The summed E-state index contributed by atoms with van der Waals surface area (Å²) >= 11 is 1.54. The number of fused-ring (bicyclic) bond motifs is 1. The van der Waals surface area contributed by atoms with Gasteiger partial charge in [0.05, 0.1) is 20.6 Å². The van der Waals surface area contributed by atoms with E-state index in [1.54, 1.807) is 46.0 Å². The van der Waals surface area contributed by atoms with E-state index in [-0.39, 0.29) is 29.8 Å². The van der Waals surface area contributed by atoms with Crippen LogP contribution in [0.4, 0.5) is 8.78 Å². The molecule has 3 aliphatic rings. The van der Waals surface area contributed by atoms with Crippen molar-refractivity contribution >= 4 is 37.5 Å². The SMILES string of the molecule is Cc1ccc(S(=O)(=O)N2CCC[C@H]2C(=O)N(Cc2ccc3scnc3c2)C2CCC3(CC2)CC3(F)F)cc1. The van der Waals surface area contributed by atoms with E-state index in [1.807, 2.05) is 25.1 Å². The highest BCUT2D eigenvalue weighted by Crippen LogP contribution is 2.67. The zero-order valence-electron chi connectivity index (χ0n) is 21.3. The van der Waals surface area contributed by atoms with E-state index in [0.717, 1.165) is 21.3 Å². The van der Waals surface area contributed by atoms with Gasteiger partial charge in [-0.15, -0.1) is 11.3 Å². The Hall–Kier alpha value is -2.43. The van der Waals surface area contributed by atoms with Crippen molar-refractivity contribution in [1.82, 2.24) is 14.2 Å². The van der Waals surface area contributed by atoms with Gasteiger partial charge in [0.25, 0.3) is 5.92 Å². The molecule has 6 rings (SSSR count). The highest BCUT2D eigenvalue weighted by Gasteiger charge is 2.70. The number of hydrogen-bond acceptors (Lipinski definition) is 5. The Morgan fingerprint density at radius 1 is 1.13 bits per heavy atom. The van der Waals surface area contributed by atoms with Crippen LogP contribution < -0.4 is 0 Å².